The molecule has 5 heteroatoms. The normalized spacial score (nSPS) is 11.4. The summed E-state index contributed by atoms with van der Waals surface area (Å²) in [5.74, 6) is 0. The van der Waals surface area contributed by atoms with Gasteiger partial charge in [0.2, 0.25) is 10.0 Å². The van der Waals surface area contributed by atoms with Gasteiger partial charge in [0.1, 0.15) is 0 Å². The molecule has 3 nitrogen and oxygen atoms in total. The smallest absolute Gasteiger partial charge is 0.211 e. The Kier molecular flexibility index (Phi) is 5.34. The topological polar surface area (TPSA) is 46.2 Å². The third kappa shape index (κ3) is 4.44. The molecular weight excluding hydrogens is 338 g/mol. The van der Waals surface area contributed by atoms with E-state index in [9.17, 15) is 8.42 Å². The fourth-order valence-electron chi connectivity index (χ4n) is 1.87. The maximum atomic E-state index is 12.0. The minimum absolute atomic E-state index is 0.308. The molecule has 0 saturated heterocycles. The largest absolute Gasteiger partial charge is 0.240 e. The molecule has 0 aliphatic rings. The summed E-state index contributed by atoms with van der Waals surface area (Å²) < 4.78 is 27.6. The second kappa shape index (κ2) is 7.02. The molecule has 0 bridgehead atoms. The predicted molar refractivity (Wildman–Crippen MR) is 84.1 cm³/mol. The van der Waals surface area contributed by atoms with Crippen molar-refractivity contribution in [1.29, 1.82) is 0 Å². The van der Waals surface area contributed by atoms with E-state index in [0.29, 0.717) is 11.4 Å². The summed E-state index contributed by atoms with van der Waals surface area (Å²) in [5, 5.41) is 0. The number of hydrogen-bond acceptors (Lipinski definition) is 2. The SMILES string of the molecule is O=S(=O)(NCCCc1cccc(Br)c1)c1ccccc1. The van der Waals surface area contributed by atoms with E-state index < -0.39 is 10.0 Å². The van der Waals surface area contributed by atoms with Crippen LogP contribution in [-0.4, -0.2) is 15.0 Å². The lowest BCUT2D eigenvalue weighted by atomic mass is 10.1. The van der Waals surface area contributed by atoms with Gasteiger partial charge in [-0.3, -0.25) is 0 Å². The van der Waals surface area contributed by atoms with E-state index in [4.69, 9.17) is 0 Å². The van der Waals surface area contributed by atoms with Crippen molar-refractivity contribution in [3.05, 3.63) is 64.6 Å². The minimum Gasteiger partial charge on any atom is -0.211 e. The van der Waals surface area contributed by atoms with Crippen LogP contribution in [0.5, 0.6) is 0 Å². The number of nitrogens with one attached hydrogen (secondary N) is 1. The van der Waals surface area contributed by atoms with Gasteiger partial charge < -0.3 is 0 Å². The zero-order chi connectivity index (χ0) is 14.4. The Hall–Kier alpha value is -1.17. The number of benzene rings is 2. The number of rotatable bonds is 6. The standard InChI is InChI=1S/C15H16BrNO2S/c16-14-8-4-6-13(12-14)7-5-11-17-20(18,19)15-9-2-1-3-10-15/h1-4,6,8-10,12,17H,5,7,11H2. The average molecular weight is 354 g/mol. The number of aryl methyl sites for hydroxylation is 1. The van der Waals surface area contributed by atoms with Crippen molar-refractivity contribution in [2.45, 2.75) is 17.7 Å². The Morgan fingerprint density at radius 2 is 1.75 bits per heavy atom. The van der Waals surface area contributed by atoms with Crippen molar-refractivity contribution >= 4 is 26.0 Å². The third-order valence-corrected chi connectivity index (χ3v) is 4.85. The van der Waals surface area contributed by atoms with Gasteiger partial charge in [0.05, 0.1) is 4.90 Å². The zero-order valence-corrected chi connectivity index (χ0v) is 13.3. The summed E-state index contributed by atoms with van der Waals surface area (Å²) in [6.07, 6.45) is 1.61. The fraction of sp³-hybridized carbons (Fsp3) is 0.200. The third-order valence-electron chi connectivity index (χ3n) is 2.88. The molecule has 1 N–H and O–H groups in total. The highest BCUT2D eigenvalue weighted by molar-refractivity contribution is 9.10. The maximum absolute atomic E-state index is 12.0. The van der Waals surface area contributed by atoms with Crippen molar-refractivity contribution < 1.29 is 8.42 Å². The van der Waals surface area contributed by atoms with Gasteiger partial charge in [0, 0.05) is 11.0 Å². The van der Waals surface area contributed by atoms with Crippen molar-refractivity contribution in [3.63, 3.8) is 0 Å². The molecule has 0 saturated carbocycles. The lowest BCUT2D eigenvalue weighted by Gasteiger charge is -2.07. The summed E-state index contributed by atoms with van der Waals surface area (Å²) in [7, 11) is -3.38. The van der Waals surface area contributed by atoms with Crippen LogP contribution >= 0.6 is 15.9 Å². The van der Waals surface area contributed by atoms with Crippen LogP contribution < -0.4 is 4.72 Å². The van der Waals surface area contributed by atoms with E-state index in [0.717, 1.165) is 17.3 Å². The Balaban J connectivity index is 1.84. The van der Waals surface area contributed by atoms with Gasteiger partial charge in [-0.15, -0.1) is 0 Å². The molecule has 2 aromatic rings. The first-order valence-corrected chi connectivity index (χ1v) is 8.65. The molecule has 2 rings (SSSR count). The van der Waals surface area contributed by atoms with E-state index in [-0.39, 0.29) is 0 Å². The fourth-order valence-corrected chi connectivity index (χ4v) is 3.42. The van der Waals surface area contributed by atoms with E-state index in [2.05, 4.69) is 20.7 Å². The molecule has 0 heterocycles. The molecule has 0 aliphatic heterocycles. The van der Waals surface area contributed by atoms with Gasteiger partial charge in [-0.2, -0.15) is 0 Å². The molecule has 2 aromatic carbocycles. The lowest BCUT2D eigenvalue weighted by molar-refractivity contribution is 0.579. The van der Waals surface area contributed by atoms with E-state index >= 15 is 0 Å². The summed E-state index contributed by atoms with van der Waals surface area (Å²) in [5.41, 5.74) is 1.19. The van der Waals surface area contributed by atoms with E-state index in [1.165, 1.54) is 5.56 Å². The molecule has 0 spiro atoms. The van der Waals surface area contributed by atoms with Crippen molar-refractivity contribution in [2.24, 2.45) is 0 Å². The molecular formula is C15H16BrNO2S. The Morgan fingerprint density at radius 3 is 2.45 bits per heavy atom. The summed E-state index contributed by atoms with van der Waals surface area (Å²) >= 11 is 3.42. The molecule has 20 heavy (non-hydrogen) atoms. The van der Waals surface area contributed by atoms with Crippen LogP contribution in [0.2, 0.25) is 0 Å². The van der Waals surface area contributed by atoms with Crippen LogP contribution in [0.1, 0.15) is 12.0 Å². The first-order valence-electron chi connectivity index (χ1n) is 6.37. The average Bonchev–Trinajstić information content (AvgIpc) is 2.45. The van der Waals surface area contributed by atoms with Crippen LogP contribution in [0, 0.1) is 0 Å². The first-order chi connectivity index (χ1) is 9.58. The molecule has 0 fully saturated rings. The zero-order valence-electron chi connectivity index (χ0n) is 10.9. The van der Waals surface area contributed by atoms with Gasteiger partial charge >= 0.3 is 0 Å². The Labute approximate surface area is 128 Å². The predicted octanol–water partition coefficient (Wildman–Crippen LogP) is 3.36. The second-order valence-electron chi connectivity index (χ2n) is 4.44. The Bertz CT molecular complexity index is 657. The van der Waals surface area contributed by atoms with Gasteiger partial charge in [-0.05, 0) is 42.7 Å². The highest BCUT2D eigenvalue weighted by Gasteiger charge is 2.11. The van der Waals surface area contributed by atoms with Crippen LogP contribution in [0.25, 0.3) is 0 Å². The summed E-state index contributed by atoms with van der Waals surface area (Å²) in [6.45, 7) is 0.434. The lowest BCUT2D eigenvalue weighted by Crippen LogP contribution is -2.25. The molecule has 0 unspecified atom stereocenters. The van der Waals surface area contributed by atoms with Gasteiger partial charge in [0.15, 0.2) is 0 Å². The van der Waals surface area contributed by atoms with Crippen molar-refractivity contribution in [2.75, 3.05) is 6.54 Å². The molecule has 0 atom stereocenters. The monoisotopic (exact) mass is 353 g/mol. The highest BCUT2D eigenvalue weighted by Crippen LogP contribution is 2.13. The minimum atomic E-state index is -3.38. The number of sulfonamides is 1. The van der Waals surface area contributed by atoms with E-state index in [1.807, 2.05) is 24.3 Å². The van der Waals surface area contributed by atoms with Crippen LogP contribution in [-0.2, 0) is 16.4 Å². The van der Waals surface area contributed by atoms with Gasteiger partial charge in [-0.1, -0.05) is 46.3 Å². The van der Waals surface area contributed by atoms with Gasteiger partial charge in [0.25, 0.3) is 0 Å². The van der Waals surface area contributed by atoms with Crippen molar-refractivity contribution in [1.82, 2.24) is 4.72 Å². The molecule has 0 radical (unpaired) electrons. The second-order valence-corrected chi connectivity index (χ2v) is 7.13. The molecule has 106 valence electrons. The maximum Gasteiger partial charge on any atom is 0.240 e. The number of hydrogen-bond donors (Lipinski definition) is 1. The highest BCUT2D eigenvalue weighted by atomic mass is 79.9. The number of halogens is 1. The molecule has 0 aromatic heterocycles. The summed E-state index contributed by atoms with van der Waals surface area (Å²) in [6, 6.07) is 16.5. The Morgan fingerprint density at radius 1 is 1.00 bits per heavy atom. The van der Waals surface area contributed by atoms with Crippen LogP contribution in [0.3, 0.4) is 0 Å². The van der Waals surface area contributed by atoms with Crippen LogP contribution in [0.15, 0.2) is 64.0 Å². The molecule has 0 aliphatic carbocycles. The molecule has 0 amide bonds. The van der Waals surface area contributed by atoms with Gasteiger partial charge in [-0.25, -0.2) is 13.1 Å². The first kappa shape index (κ1) is 15.2. The van der Waals surface area contributed by atoms with Crippen LogP contribution in [0.4, 0.5) is 0 Å². The van der Waals surface area contributed by atoms with E-state index in [1.54, 1.807) is 30.3 Å². The van der Waals surface area contributed by atoms with Crippen molar-refractivity contribution in [3.8, 4) is 0 Å². The quantitative estimate of drug-likeness (QED) is 0.809. The summed E-state index contributed by atoms with van der Waals surface area (Å²) in [4.78, 5) is 0.308.